The fourth-order valence-electron chi connectivity index (χ4n) is 4.03. The zero-order valence-electron chi connectivity index (χ0n) is 20.2. The van der Waals surface area contributed by atoms with E-state index in [-0.39, 0.29) is 31.4 Å². The number of fused-ring (bicyclic) bond motifs is 1. The first-order chi connectivity index (χ1) is 17.6. The van der Waals surface area contributed by atoms with Gasteiger partial charge in [-0.3, -0.25) is 14.6 Å². The van der Waals surface area contributed by atoms with Crippen LogP contribution in [-0.4, -0.2) is 46.3 Å². The number of nitrogens with two attached hydrogens (primary N) is 4. The summed E-state index contributed by atoms with van der Waals surface area (Å²) in [5.74, 6) is -0.895. The number of urea groups is 1. The molecule has 0 saturated heterocycles. The lowest BCUT2D eigenvalue weighted by Crippen LogP contribution is -2.48. The van der Waals surface area contributed by atoms with E-state index in [4.69, 9.17) is 22.9 Å². The highest BCUT2D eigenvalue weighted by atomic mass is 79.9. The fourth-order valence-corrected chi connectivity index (χ4v) is 4.39. The third-order valence-corrected chi connectivity index (χ3v) is 6.36. The second-order valence-electron chi connectivity index (χ2n) is 8.60. The third kappa shape index (κ3) is 7.97. The standard InChI is InChI=1S/C25H31BrN8O3/c26-18-7-8-20-19(11-18)17(13-32-20)10-22(35)34(21(23(27)36)2-1-9-31-24(28)29)14-16-5-3-15(4-6-16)12-33-25(30)37/h3-8,11,13,21,32H,1-2,9-10,12,14H2,(H2,27,36)(H4,28,29,31)(H3,30,33,37)/t21-/m1/s1. The molecule has 1 aromatic heterocycles. The van der Waals surface area contributed by atoms with Crippen LogP contribution in [0.25, 0.3) is 10.9 Å². The Morgan fingerprint density at radius 3 is 2.38 bits per heavy atom. The topological polar surface area (TPSA) is 199 Å². The molecule has 4 amide bonds. The van der Waals surface area contributed by atoms with Gasteiger partial charge in [0.25, 0.3) is 0 Å². The Bertz CT molecular complexity index is 1280. The number of hydrogen-bond acceptors (Lipinski definition) is 4. The van der Waals surface area contributed by atoms with Gasteiger partial charge in [0.2, 0.25) is 11.8 Å². The molecule has 0 fully saturated rings. The summed E-state index contributed by atoms with van der Waals surface area (Å²) in [5.41, 5.74) is 25.0. The molecule has 196 valence electrons. The number of nitrogens with one attached hydrogen (secondary N) is 2. The van der Waals surface area contributed by atoms with E-state index in [1.807, 2.05) is 42.5 Å². The second kappa shape index (κ2) is 12.8. The third-order valence-electron chi connectivity index (χ3n) is 5.87. The van der Waals surface area contributed by atoms with E-state index in [0.717, 1.165) is 32.1 Å². The van der Waals surface area contributed by atoms with Crippen molar-refractivity contribution in [3.63, 3.8) is 0 Å². The minimum Gasteiger partial charge on any atom is -0.370 e. The average molecular weight is 571 g/mol. The monoisotopic (exact) mass is 570 g/mol. The molecule has 3 rings (SSSR count). The number of carbonyl (C=O) groups is 3. The van der Waals surface area contributed by atoms with Crippen LogP contribution < -0.4 is 28.3 Å². The van der Waals surface area contributed by atoms with Gasteiger partial charge in [-0.1, -0.05) is 40.2 Å². The number of aromatic nitrogens is 1. The number of hydrogen-bond donors (Lipinski definition) is 6. The largest absolute Gasteiger partial charge is 0.370 e. The number of primary amides is 2. The minimum absolute atomic E-state index is 0.0417. The summed E-state index contributed by atoms with van der Waals surface area (Å²) in [4.78, 5) is 45.8. The van der Waals surface area contributed by atoms with Gasteiger partial charge in [0.1, 0.15) is 6.04 Å². The molecule has 2 aromatic carbocycles. The molecule has 0 spiro atoms. The molecular weight excluding hydrogens is 540 g/mol. The quantitative estimate of drug-likeness (QED) is 0.109. The molecule has 1 atom stereocenters. The van der Waals surface area contributed by atoms with Crippen molar-refractivity contribution in [2.45, 2.75) is 38.4 Å². The van der Waals surface area contributed by atoms with Gasteiger partial charge in [-0.2, -0.15) is 0 Å². The van der Waals surface area contributed by atoms with Crippen LogP contribution in [0.2, 0.25) is 0 Å². The lowest BCUT2D eigenvalue weighted by Gasteiger charge is -2.30. The predicted octanol–water partition coefficient (Wildman–Crippen LogP) is 1.58. The zero-order valence-corrected chi connectivity index (χ0v) is 21.8. The summed E-state index contributed by atoms with van der Waals surface area (Å²) in [5, 5.41) is 3.45. The van der Waals surface area contributed by atoms with Crippen molar-refractivity contribution >= 4 is 50.6 Å². The van der Waals surface area contributed by atoms with Gasteiger partial charge in [0.05, 0.1) is 6.42 Å². The first-order valence-corrected chi connectivity index (χ1v) is 12.4. The summed E-state index contributed by atoms with van der Waals surface area (Å²) in [6, 6.07) is 11.6. The summed E-state index contributed by atoms with van der Waals surface area (Å²) in [6.45, 7) is 0.763. The summed E-state index contributed by atoms with van der Waals surface area (Å²) in [7, 11) is 0. The Kier molecular flexibility index (Phi) is 9.50. The average Bonchev–Trinajstić information content (AvgIpc) is 3.23. The summed E-state index contributed by atoms with van der Waals surface area (Å²) in [6.07, 6.45) is 2.64. The van der Waals surface area contributed by atoms with Crippen molar-refractivity contribution < 1.29 is 14.4 Å². The first kappa shape index (κ1) is 27.5. The molecular formula is C25H31BrN8O3. The SMILES string of the molecule is NC(=O)NCc1ccc(CN(C(=O)Cc2c[nH]c3ccc(Br)cc23)[C@H](CCCN=C(N)N)C(N)=O)cc1. The molecule has 10 N–H and O–H groups in total. The Balaban J connectivity index is 1.85. The normalized spacial score (nSPS) is 11.6. The number of nitrogens with zero attached hydrogens (tertiary/aromatic N) is 2. The lowest BCUT2D eigenvalue weighted by molar-refractivity contribution is -0.139. The summed E-state index contributed by atoms with van der Waals surface area (Å²) >= 11 is 3.47. The highest BCUT2D eigenvalue weighted by Gasteiger charge is 2.28. The Labute approximate surface area is 222 Å². The van der Waals surface area contributed by atoms with Crippen LogP contribution in [0.1, 0.15) is 29.5 Å². The van der Waals surface area contributed by atoms with Crippen LogP contribution in [0.5, 0.6) is 0 Å². The lowest BCUT2D eigenvalue weighted by atomic mass is 10.0. The zero-order chi connectivity index (χ0) is 26.9. The van der Waals surface area contributed by atoms with Crippen molar-refractivity contribution in [3.8, 4) is 0 Å². The number of halogens is 1. The van der Waals surface area contributed by atoms with Crippen molar-refractivity contribution in [1.82, 2.24) is 15.2 Å². The van der Waals surface area contributed by atoms with Crippen molar-refractivity contribution in [1.29, 1.82) is 0 Å². The molecule has 0 aliphatic carbocycles. The molecule has 0 saturated carbocycles. The van der Waals surface area contributed by atoms with E-state index in [1.54, 1.807) is 6.20 Å². The maximum Gasteiger partial charge on any atom is 0.312 e. The Hall–Kier alpha value is -4.06. The van der Waals surface area contributed by atoms with Crippen LogP contribution in [0, 0.1) is 0 Å². The molecule has 0 aliphatic heterocycles. The van der Waals surface area contributed by atoms with Gasteiger partial charge >= 0.3 is 6.03 Å². The van der Waals surface area contributed by atoms with Gasteiger partial charge in [0.15, 0.2) is 5.96 Å². The molecule has 0 unspecified atom stereocenters. The smallest absolute Gasteiger partial charge is 0.312 e. The van der Waals surface area contributed by atoms with Crippen LogP contribution in [0.3, 0.4) is 0 Å². The maximum atomic E-state index is 13.6. The molecule has 37 heavy (non-hydrogen) atoms. The van der Waals surface area contributed by atoms with Gasteiger partial charge in [0, 0.05) is 41.2 Å². The minimum atomic E-state index is -0.852. The Morgan fingerprint density at radius 1 is 1.03 bits per heavy atom. The van der Waals surface area contributed by atoms with Gasteiger partial charge in [-0.05, 0) is 47.7 Å². The van der Waals surface area contributed by atoms with Crippen LogP contribution in [0.4, 0.5) is 4.79 Å². The number of benzene rings is 2. The molecule has 0 aliphatic rings. The fraction of sp³-hybridized carbons (Fsp3) is 0.280. The number of aromatic amines is 1. The molecule has 0 radical (unpaired) electrons. The number of H-pyrrole nitrogens is 1. The van der Waals surface area contributed by atoms with Gasteiger partial charge < -0.3 is 38.1 Å². The van der Waals surface area contributed by atoms with Gasteiger partial charge in [-0.25, -0.2) is 4.79 Å². The number of guanidine groups is 1. The van der Waals surface area contributed by atoms with Crippen molar-refractivity contribution in [3.05, 3.63) is 69.8 Å². The Morgan fingerprint density at radius 2 is 1.73 bits per heavy atom. The van der Waals surface area contributed by atoms with E-state index in [0.29, 0.717) is 19.4 Å². The van der Waals surface area contributed by atoms with Crippen LogP contribution in [0.15, 0.2) is 58.1 Å². The van der Waals surface area contributed by atoms with E-state index in [2.05, 4.69) is 31.2 Å². The van der Waals surface area contributed by atoms with Crippen molar-refractivity contribution in [2.24, 2.45) is 27.9 Å². The van der Waals surface area contributed by atoms with E-state index in [1.165, 1.54) is 4.90 Å². The molecule has 11 nitrogen and oxygen atoms in total. The van der Waals surface area contributed by atoms with Crippen LogP contribution >= 0.6 is 15.9 Å². The van der Waals surface area contributed by atoms with Crippen LogP contribution in [-0.2, 0) is 29.1 Å². The second-order valence-corrected chi connectivity index (χ2v) is 9.52. The van der Waals surface area contributed by atoms with Gasteiger partial charge in [-0.15, -0.1) is 0 Å². The molecule has 3 aromatic rings. The van der Waals surface area contributed by atoms with Crippen molar-refractivity contribution in [2.75, 3.05) is 6.54 Å². The molecule has 12 heteroatoms. The number of rotatable bonds is 12. The van der Waals surface area contributed by atoms with E-state index >= 15 is 0 Å². The first-order valence-electron chi connectivity index (χ1n) is 11.6. The number of carbonyl (C=O) groups excluding carboxylic acids is 3. The number of aliphatic imine (C=N–C) groups is 1. The highest BCUT2D eigenvalue weighted by Crippen LogP contribution is 2.24. The van der Waals surface area contributed by atoms with E-state index < -0.39 is 18.0 Å². The predicted molar refractivity (Wildman–Crippen MR) is 146 cm³/mol. The molecule has 1 heterocycles. The highest BCUT2D eigenvalue weighted by molar-refractivity contribution is 9.10. The van der Waals surface area contributed by atoms with E-state index in [9.17, 15) is 14.4 Å². The maximum absolute atomic E-state index is 13.6. The molecule has 0 bridgehead atoms. The number of amides is 4. The summed E-state index contributed by atoms with van der Waals surface area (Å²) < 4.78 is 0.894.